The van der Waals surface area contributed by atoms with E-state index in [1.54, 1.807) is 12.1 Å². The second-order valence-electron chi connectivity index (χ2n) is 3.36. The van der Waals surface area contributed by atoms with Gasteiger partial charge in [-0.05, 0) is 24.1 Å². The van der Waals surface area contributed by atoms with Crippen LogP contribution in [0.15, 0.2) is 18.2 Å². The predicted octanol–water partition coefficient (Wildman–Crippen LogP) is 1.75. The second kappa shape index (κ2) is 6.11. The molecule has 0 amide bonds. The molecule has 0 radical (unpaired) electrons. The van der Waals surface area contributed by atoms with Gasteiger partial charge >= 0.3 is 0 Å². The molecule has 86 valence electrons. The van der Waals surface area contributed by atoms with E-state index in [1.807, 2.05) is 0 Å². The van der Waals surface area contributed by atoms with E-state index in [-0.39, 0.29) is 11.8 Å². The monoisotopic (exact) mass is 222 g/mol. The number of nitrogens with one attached hydrogen (secondary N) is 1. The van der Waals surface area contributed by atoms with Crippen molar-refractivity contribution in [2.75, 3.05) is 7.11 Å². The highest BCUT2D eigenvalue weighted by Gasteiger charge is 2.11. The van der Waals surface area contributed by atoms with Crippen LogP contribution in [0.3, 0.4) is 0 Å². The number of nitrogens with two attached hydrogens (primary N) is 1. The average Bonchev–Trinajstić information content (AvgIpc) is 2.30. The number of rotatable bonds is 5. The SMILES string of the molecule is C#CCCC(NN)c1ccc(OC)c(F)c1. The van der Waals surface area contributed by atoms with Crippen molar-refractivity contribution in [3.8, 4) is 18.1 Å². The van der Waals surface area contributed by atoms with Gasteiger partial charge in [-0.15, -0.1) is 12.3 Å². The lowest BCUT2D eigenvalue weighted by molar-refractivity contribution is 0.385. The third-order valence-corrected chi connectivity index (χ3v) is 2.36. The highest BCUT2D eigenvalue weighted by atomic mass is 19.1. The first-order valence-corrected chi connectivity index (χ1v) is 4.96. The maximum Gasteiger partial charge on any atom is 0.165 e. The Morgan fingerprint density at radius 2 is 2.38 bits per heavy atom. The third kappa shape index (κ3) is 2.96. The highest BCUT2D eigenvalue weighted by molar-refractivity contribution is 5.31. The lowest BCUT2D eigenvalue weighted by Gasteiger charge is -2.15. The lowest BCUT2D eigenvalue weighted by Crippen LogP contribution is -2.28. The molecule has 16 heavy (non-hydrogen) atoms. The van der Waals surface area contributed by atoms with Crippen LogP contribution in [0.25, 0.3) is 0 Å². The molecule has 0 aliphatic rings. The van der Waals surface area contributed by atoms with E-state index in [9.17, 15) is 4.39 Å². The van der Waals surface area contributed by atoms with E-state index in [1.165, 1.54) is 13.2 Å². The highest BCUT2D eigenvalue weighted by Crippen LogP contribution is 2.23. The Balaban J connectivity index is 2.85. The molecule has 0 spiro atoms. The van der Waals surface area contributed by atoms with Crippen molar-refractivity contribution in [2.24, 2.45) is 5.84 Å². The largest absolute Gasteiger partial charge is 0.494 e. The van der Waals surface area contributed by atoms with E-state index in [2.05, 4.69) is 11.3 Å². The molecule has 0 heterocycles. The number of hydrogen-bond donors (Lipinski definition) is 2. The van der Waals surface area contributed by atoms with Gasteiger partial charge < -0.3 is 4.74 Å². The fraction of sp³-hybridized carbons (Fsp3) is 0.333. The van der Waals surface area contributed by atoms with Crippen LogP contribution in [0.5, 0.6) is 5.75 Å². The molecule has 1 atom stereocenters. The molecule has 1 unspecified atom stereocenters. The summed E-state index contributed by atoms with van der Waals surface area (Å²) in [4.78, 5) is 0. The zero-order valence-corrected chi connectivity index (χ0v) is 9.16. The Bertz CT molecular complexity index is 387. The van der Waals surface area contributed by atoms with Crippen molar-refractivity contribution >= 4 is 0 Å². The van der Waals surface area contributed by atoms with Gasteiger partial charge in [-0.1, -0.05) is 6.07 Å². The summed E-state index contributed by atoms with van der Waals surface area (Å²) in [6, 6.07) is 4.60. The molecular weight excluding hydrogens is 207 g/mol. The summed E-state index contributed by atoms with van der Waals surface area (Å²) in [5.41, 5.74) is 3.38. The number of hydrogen-bond acceptors (Lipinski definition) is 3. The lowest BCUT2D eigenvalue weighted by atomic mass is 10.0. The van der Waals surface area contributed by atoms with Gasteiger partial charge in [0, 0.05) is 12.5 Å². The number of ether oxygens (including phenoxy) is 1. The van der Waals surface area contributed by atoms with Crippen LogP contribution in [0.2, 0.25) is 0 Å². The van der Waals surface area contributed by atoms with Gasteiger partial charge in [-0.2, -0.15) is 0 Å². The van der Waals surface area contributed by atoms with Crippen LogP contribution in [0.1, 0.15) is 24.4 Å². The number of hydrazine groups is 1. The smallest absolute Gasteiger partial charge is 0.165 e. The van der Waals surface area contributed by atoms with E-state index in [0.717, 1.165) is 5.56 Å². The van der Waals surface area contributed by atoms with Crippen molar-refractivity contribution in [2.45, 2.75) is 18.9 Å². The number of halogens is 1. The minimum Gasteiger partial charge on any atom is -0.494 e. The first kappa shape index (κ1) is 12.5. The van der Waals surface area contributed by atoms with E-state index in [0.29, 0.717) is 12.8 Å². The Morgan fingerprint density at radius 1 is 1.62 bits per heavy atom. The number of methoxy groups -OCH3 is 1. The maximum atomic E-state index is 13.4. The van der Waals surface area contributed by atoms with Crippen LogP contribution < -0.4 is 16.0 Å². The van der Waals surface area contributed by atoms with Crippen LogP contribution in [-0.4, -0.2) is 7.11 Å². The Labute approximate surface area is 94.8 Å². The fourth-order valence-corrected chi connectivity index (χ4v) is 1.47. The van der Waals surface area contributed by atoms with E-state index < -0.39 is 5.82 Å². The van der Waals surface area contributed by atoms with Gasteiger partial charge in [0.25, 0.3) is 0 Å². The van der Waals surface area contributed by atoms with E-state index in [4.69, 9.17) is 17.0 Å². The standard InChI is InChI=1S/C12H15FN2O/c1-3-4-5-11(15-14)9-6-7-12(16-2)10(13)8-9/h1,6-8,11,15H,4-5,14H2,2H3. The van der Waals surface area contributed by atoms with Crippen LogP contribution >= 0.6 is 0 Å². The minimum atomic E-state index is -0.402. The molecule has 1 aromatic rings. The molecule has 0 saturated heterocycles. The zero-order chi connectivity index (χ0) is 12.0. The molecule has 0 fully saturated rings. The van der Waals surface area contributed by atoms with Gasteiger partial charge in [-0.3, -0.25) is 11.3 Å². The Kier molecular flexibility index (Phi) is 4.77. The Hall–Kier alpha value is -1.57. The molecule has 0 aliphatic heterocycles. The van der Waals surface area contributed by atoms with Crippen LogP contribution in [-0.2, 0) is 0 Å². The summed E-state index contributed by atoms with van der Waals surface area (Å²) in [7, 11) is 1.43. The zero-order valence-electron chi connectivity index (χ0n) is 9.16. The normalized spacial score (nSPS) is 11.9. The molecule has 4 heteroatoms. The van der Waals surface area contributed by atoms with Crippen molar-refractivity contribution in [3.63, 3.8) is 0 Å². The van der Waals surface area contributed by atoms with Gasteiger partial charge in [0.15, 0.2) is 11.6 Å². The maximum absolute atomic E-state index is 13.4. The topological polar surface area (TPSA) is 47.3 Å². The molecule has 1 rings (SSSR count). The molecule has 0 aromatic heterocycles. The third-order valence-electron chi connectivity index (χ3n) is 2.36. The summed E-state index contributed by atoms with van der Waals surface area (Å²) in [5, 5.41) is 0. The van der Waals surface area contributed by atoms with Crippen molar-refractivity contribution < 1.29 is 9.13 Å². The Morgan fingerprint density at radius 3 is 2.88 bits per heavy atom. The van der Waals surface area contributed by atoms with Crippen LogP contribution in [0.4, 0.5) is 4.39 Å². The first-order chi connectivity index (χ1) is 7.72. The number of benzene rings is 1. The minimum absolute atomic E-state index is 0.142. The van der Waals surface area contributed by atoms with Gasteiger partial charge in [-0.25, -0.2) is 4.39 Å². The van der Waals surface area contributed by atoms with Crippen molar-refractivity contribution in [3.05, 3.63) is 29.6 Å². The van der Waals surface area contributed by atoms with Crippen molar-refractivity contribution in [1.82, 2.24) is 5.43 Å². The summed E-state index contributed by atoms with van der Waals surface area (Å²) < 4.78 is 18.3. The van der Waals surface area contributed by atoms with Crippen LogP contribution in [0, 0.1) is 18.2 Å². The number of terminal acetylenes is 1. The molecule has 0 aliphatic carbocycles. The van der Waals surface area contributed by atoms with Gasteiger partial charge in [0.2, 0.25) is 0 Å². The van der Waals surface area contributed by atoms with E-state index >= 15 is 0 Å². The molecule has 3 N–H and O–H groups in total. The first-order valence-electron chi connectivity index (χ1n) is 4.96. The van der Waals surface area contributed by atoms with Crippen molar-refractivity contribution in [1.29, 1.82) is 0 Å². The summed E-state index contributed by atoms with van der Waals surface area (Å²) in [6.45, 7) is 0. The second-order valence-corrected chi connectivity index (χ2v) is 3.36. The molecule has 0 bridgehead atoms. The quantitative estimate of drug-likeness (QED) is 0.453. The van der Waals surface area contributed by atoms with Gasteiger partial charge in [0.05, 0.1) is 7.11 Å². The summed E-state index contributed by atoms with van der Waals surface area (Å²) >= 11 is 0. The molecule has 1 aromatic carbocycles. The molecule has 3 nitrogen and oxygen atoms in total. The average molecular weight is 222 g/mol. The van der Waals surface area contributed by atoms with Gasteiger partial charge in [0.1, 0.15) is 0 Å². The molecule has 0 saturated carbocycles. The predicted molar refractivity (Wildman–Crippen MR) is 61.1 cm³/mol. The fourth-order valence-electron chi connectivity index (χ4n) is 1.47. The summed E-state index contributed by atoms with van der Waals surface area (Å²) in [6.07, 6.45) is 6.42. The molecular formula is C12H15FN2O. The summed E-state index contributed by atoms with van der Waals surface area (Å²) in [5.74, 6) is 7.74.